The molecule has 110 valence electrons. The lowest BCUT2D eigenvalue weighted by molar-refractivity contribution is -0.138. The molecule has 0 aromatic carbocycles. The molecule has 1 fully saturated rings. The molecule has 1 saturated heterocycles. The number of amides is 1. The summed E-state index contributed by atoms with van der Waals surface area (Å²) < 4.78 is 22.7. The Balaban J connectivity index is 2.43. The monoisotopic (exact) mass is 292 g/mol. The molecule has 0 bridgehead atoms. The highest BCUT2D eigenvalue weighted by molar-refractivity contribution is 7.91. The first-order valence-electron chi connectivity index (χ1n) is 6.07. The lowest BCUT2D eigenvalue weighted by atomic mass is 10.2. The first kappa shape index (κ1) is 15.9. The van der Waals surface area contributed by atoms with Crippen LogP contribution in [-0.2, 0) is 19.4 Å². The molecule has 1 aliphatic rings. The molecule has 1 unspecified atom stereocenters. The lowest BCUT2D eigenvalue weighted by Gasteiger charge is -2.26. The average molecular weight is 292 g/mol. The second-order valence-electron chi connectivity index (χ2n) is 4.94. The highest BCUT2D eigenvalue weighted by Crippen LogP contribution is 2.16. The molecule has 0 aromatic heterocycles. The van der Waals surface area contributed by atoms with Gasteiger partial charge in [0.15, 0.2) is 9.84 Å². The third-order valence-corrected chi connectivity index (χ3v) is 5.01. The highest BCUT2D eigenvalue weighted by Gasteiger charge is 2.32. The van der Waals surface area contributed by atoms with Gasteiger partial charge in [-0.25, -0.2) is 8.42 Å². The summed E-state index contributed by atoms with van der Waals surface area (Å²) in [6.45, 7) is 0.387. The maximum absolute atomic E-state index is 11.9. The fourth-order valence-electron chi connectivity index (χ4n) is 1.99. The highest BCUT2D eigenvalue weighted by atomic mass is 32.2. The molecule has 0 aromatic rings. The number of aliphatic carboxylic acids is 1. The molecule has 0 spiro atoms. The largest absolute Gasteiger partial charge is 0.481 e. The van der Waals surface area contributed by atoms with Gasteiger partial charge in [0.1, 0.15) is 0 Å². The van der Waals surface area contributed by atoms with Crippen LogP contribution in [0.15, 0.2) is 0 Å². The van der Waals surface area contributed by atoms with Crippen molar-refractivity contribution >= 4 is 21.7 Å². The van der Waals surface area contributed by atoms with Crippen LogP contribution in [0.2, 0.25) is 0 Å². The van der Waals surface area contributed by atoms with E-state index in [1.54, 1.807) is 19.0 Å². The van der Waals surface area contributed by atoms with Crippen molar-refractivity contribution in [2.75, 3.05) is 38.7 Å². The number of carbonyl (C=O) groups is 2. The fourth-order valence-corrected chi connectivity index (χ4v) is 3.77. The van der Waals surface area contributed by atoms with Crippen molar-refractivity contribution in [3.8, 4) is 0 Å². The van der Waals surface area contributed by atoms with Crippen molar-refractivity contribution in [1.29, 1.82) is 0 Å². The zero-order chi connectivity index (χ0) is 14.6. The number of carbonyl (C=O) groups excluding carboxylic acids is 1. The Morgan fingerprint density at radius 1 is 1.32 bits per heavy atom. The first-order chi connectivity index (χ1) is 8.71. The minimum Gasteiger partial charge on any atom is -0.481 e. The van der Waals surface area contributed by atoms with Crippen LogP contribution >= 0.6 is 0 Å². The van der Waals surface area contributed by atoms with Crippen molar-refractivity contribution in [3.05, 3.63) is 0 Å². The van der Waals surface area contributed by atoms with Gasteiger partial charge in [-0.2, -0.15) is 0 Å². The summed E-state index contributed by atoms with van der Waals surface area (Å²) in [7, 11) is 0.254. The molecule has 1 atom stereocenters. The van der Waals surface area contributed by atoms with Gasteiger partial charge in [0.05, 0.1) is 24.5 Å². The summed E-state index contributed by atoms with van der Waals surface area (Å²) >= 11 is 0. The average Bonchev–Trinajstić information content (AvgIpc) is 2.66. The van der Waals surface area contributed by atoms with E-state index in [1.807, 2.05) is 0 Å². The van der Waals surface area contributed by atoms with Crippen LogP contribution in [0, 0.1) is 0 Å². The van der Waals surface area contributed by atoms with Crippen molar-refractivity contribution in [2.24, 2.45) is 0 Å². The van der Waals surface area contributed by atoms with E-state index < -0.39 is 15.8 Å². The van der Waals surface area contributed by atoms with Crippen LogP contribution in [-0.4, -0.2) is 79.9 Å². The molecule has 1 amide bonds. The molecule has 1 aliphatic heterocycles. The van der Waals surface area contributed by atoms with Gasteiger partial charge in [-0.15, -0.1) is 0 Å². The number of carboxylic acid groups (broad SMARTS) is 1. The summed E-state index contributed by atoms with van der Waals surface area (Å²) in [6.07, 6.45) is 0.453. The molecule has 19 heavy (non-hydrogen) atoms. The Bertz CT molecular complexity index is 448. The van der Waals surface area contributed by atoms with E-state index >= 15 is 0 Å². The van der Waals surface area contributed by atoms with Crippen molar-refractivity contribution < 1.29 is 23.1 Å². The number of rotatable bonds is 6. The van der Waals surface area contributed by atoms with Gasteiger partial charge < -0.3 is 10.0 Å². The van der Waals surface area contributed by atoms with E-state index in [1.165, 1.54) is 4.90 Å². The fraction of sp³-hybridized carbons (Fsp3) is 0.818. The molecule has 7 nitrogen and oxygen atoms in total. The zero-order valence-corrected chi connectivity index (χ0v) is 12.0. The van der Waals surface area contributed by atoms with Gasteiger partial charge >= 0.3 is 5.97 Å². The predicted molar refractivity (Wildman–Crippen MR) is 69.6 cm³/mol. The van der Waals surface area contributed by atoms with E-state index in [0.717, 1.165) is 0 Å². The SMILES string of the molecule is CN(CCC(=O)O)CC(=O)N(C)C1CCS(=O)(=O)C1. The molecular formula is C11H20N2O5S. The van der Waals surface area contributed by atoms with Crippen LogP contribution < -0.4 is 0 Å². The van der Waals surface area contributed by atoms with Crippen LogP contribution in [0.3, 0.4) is 0 Å². The maximum Gasteiger partial charge on any atom is 0.304 e. The third-order valence-electron chi connectivity index (χ3n) is 3.26. The summed E-state index contributed by atoms with van der Waals surface area (Å²) in [5.74, 6) is -0.942. The Hall–Kier alpha value is -1.15. The van der Waals surface area contributed by atoms with Crippen LogP contribution in [0.25, 0.3) is 0 Å². The Kier molecular flexibility index (Phi) is 5.30. The summed E-state index contributed by atoms with van der Waals surface area (Å²) in [5.41, 5.74) is 0. The Morgan fingerprint density at radius 2 is 1.95 bits per heavy atom. The zero-order valence-electron chi connectivity index (χ0n) is 11.2. The summed E-state index contributed by atoms with van der Waals surface area (Å²) in [5, 5.41) is 8.55. The number of sulfone groups is 1. The van der Waals surface area contributed by atoms with Crippen molar-refractivity contribution in [1.82, 2.24) is 9.80 Å². The van der Waals surface area contributed by atoms with E-state index in [-0.39, 0.29) is 43.0 Å². The molecule has 1 rings (SSSR count). The number of nitrogens with zero attached hydrogens (tertiary/aromatic N) is 2. The van der Waals surface area contributed by atoms with E-state index in [2.05, 4.69) is 0 Å². The molecule has 0 aliphatic carbocycles. The smallest absolute Gasteiger partial charge is 0.304 e. The number of likely N-dealkylation sites (N-methyl/N-ethyl adjacent to an activating group) is 2. The quantitative estimate of drug-likeness (QED) is 0.677. The van der Waals surface area contributed by atoms with E-state index in [4.69, 9.17) is 5.11 Å². The van der Waals surface area contributed by atoms with Crippen LogP contribution in [0.4, 0.5) is 0 Å². The lowest BCUT2D eigenvalue weighted by Crippen LogP contribution is -2.43. The molecule has 0 saturated carbocycles. The number of hydrogen-bond donors (Lipinski definition) is 1. The number of hydrogen-bond acceptors (Lipinski definition) is 5. The second-order valence-corrected chi connectivity index (χ2v) is 7.17. The van der Waals surface area contributed by atoms with Crippen molar-refractivity contribution in [3.63, 3.8) is 0 Å². The molecule has 1 N–H and O–H groups in total. The second kappa shape index (κ2) is 6.33. The van der Waals surface area contributed by atoms with Crippen LogP contribution in [0.5, 0.6) is 0 Å². The molecular weight excluding hydrogens is 272 g/mol. The van der Waals surface area contributed by atoms with E-state index in [0.29, 0.717) is 6.42 Å². The minimum atomic E-state index is -3.01. The van der Waals surface area contributed by atoms with Gasteiger partial charge in [-0.1, -0.05) is 0 Å². The first-order valence-corrected chi connectivity index (χ1v) is 7.90. The Morgan fingerprint density at radius 3 is 2.42 bits per heavy atom. The van der Waals surface area contributed by atoms with Gasteiger partial charge in [-0.3, -0.25) is 14.5 Å². The van der Waals surface area contributed by atoms with Crippen molar-refractivity contribution in [2.45, 2.75) is 18.9 Å². The van der Waals surface area contributed by atoms with Gasteiger partial charge in [0.25, 0.3) is 0 Å². The van der Waals surface area contributed by atoms with Gasteiger partial charge in [0.2, 0.25) is 5.91 Å². The number of carboxylic acids is 1. The minimum absolute atomic E-state index is 0.0219. The standard InChI is InChI=1S/C11H20N2O5S/c1-12(5-3-11(15)16)7-10(14)13(2)9-4-6-19(17,18)8-9/h9H,3-8H2,1-2H3,(H,15,16). The van der Waals surface area contributed by atoms with Gasteiger partial charge in [-0.05, 0) is 13.5 Å². The summed E-state index contributed by atoms with van der Waals surface area (Å²) in [4.78, 5) is 25.4. The molecule has 8 heteroatoms. The normalized spacial score (nSPS) is 21.5. The van der Waals surface area contributed by atoms with Gasteiger partial charge in [0, 0.05) is 19.6 Å². The topological polar surface area (TPSA) is 95.0 Å². The molecule has 0 radical (unpaired) electrons. The third kappa shape index (κ3) is 5.15. The maximum atomic E-state index is 11.9. The predicted octanol–water partition coefficient (Wildman–Crippen LogP) is -0.962. The molecule has 1 heterocycles. The Labute approximate surface area is 113 Å². The van der Waals surface area contributed by atoms with E-state index in [9.17, 15) is 18.0 Å². The summed E-state index contributed by atoms with van der Waals surface area (Å²) in [6, 6.07) is -0.259. The van der Waals surface area contributed by atoms with Crippen LogP contribution in [0.1, 0.15) is 12.8 Å².